The summed E-state index contributed by atoms with van der Waals surface area (Å²) in [6.45, 7) is 3.58. The van der Waals surface area contributed by atoms with E-state index in [-0.39, 0.29) is 12.5 Å². The molecular formula is C21H20Cl3N2O2. The molecule has 1 fully saturated rings. The van der Waals surface area contributed by atoms with Gasteiger partial charge in [0, 0.05) is 66.0 Å². The number of hydrogen-bond donors (Lipinski definition) is 1. The Hall–Kier alpha value is -1.56. The summed E-state index contributed by atoms with van der Waals surface area (Å²) in [4.78, 5) is 16.5. The predicted octanol–water partition coefficient (Wildman–Crippen LogP) is 4.26. The molecular weight excluding hydrogens is 419 g/mol. The largest absolute Gasteiger partial charge is 0.395 e. The van der Waals surface area contributed by atoms with Gasteiger partial charge in [-0.2, -0.15) is 0 Å². The first kappa shape index (κ1) is 21.2. The number of carbonyl (C=O) groups is 1. The van der Waals surface area contributed by atoms with Crippen molar-refractivity contribution >= 4 is 46.8 Å². The fourth-order valence-corrected chi connectivity index (χ4v) is 3.97. The van der Waals surface area contributed by atoms with Crippen molar-refractivity contribution < 1.29 is 9.90 Å². The summed E-state index contributed by atoms with van der Waals surface area (Å²) in [5.74, 6) is -0.0549. The second kappa shape index (κ2) is 9.77. The number of carbonyl (C=O) groups excluding carboxylic acids is 1. The van der Waals surface area contributed by atoms with Crippen LogP contribution in [0.4, 0.5) is 0 Å². The minimum absolute atomic E-state index is 0.0549. The Balaban J connectivity index is 1.79. The summed E-state index contributed by atoms with van der Waals surface area (Å²) < 4.78 is 0. The molecule has 0 spiro atoms. The first-order chi connectivity index (χ1) is 13.5. The van der Waals surface area contributed by atoms with E-state index in [2.05, 4.69) is 11.0 Å². The van der Waals surface area contributed by atoms with E-state index in [1.165, 1.54) is 0 Å². The highest BCUT2D eigenvalue weighted by Crippen LogP contribution is 2.37. The van der Waals surface area contributed by atoms with Crippen molar-refractivity contribution in [3.63, 3.8) is 0 Å². The van der Waals surface area contributed by atoms with E-state index in [1.54, 1.807) is 41.3 Å². The second-order valence-corrected chi connectivity index (χ2v) is 7.69. The Bertz CT molecular complexity index is 878. The highest BCUT2D eigenvalue weighted by atomic mass is 35.5. The van der Waals surface area contributed by atoms with Gasteiger partial charge in [0.15, 0.2) is 0 Å². The molecule has 4 nitrogen and oxygen atoms in total. The van der Waals surface area contributed by atoms with Crippen molar-refractivity contribution in [1.29, 1.82) is 0 Å². The van der Waals surface area contributed by atoms with Crippen LogP contribution in [-0.2, 0) is 4.79 Å². The molecule has 147 valence electrons. The minimum Gasteiger partial charge on any atom is -0.395 e. The third kappa shape index (κ3) is 5.07. The Morgan fingerprint density at radius 1 is 1.14 bits per heavy atom. The van der Waals surface area contributed by atoms with Crippen LogP contribution < -0.4 is 0 Å². The molecule has 2 aromatic carbocycles. The lowest BCUT2D eigenvalue weighted by Gasteiger charge is -2.33. The molecule has 1 heterocycles. The fraction of sp³-hybridized carbons (Fsp3) is 0.286. The molecule has 1 radical (unpaired) electrons. The maximum atomic E-state index is 12.6. The number of halogens is 3. The molecule has 7 heteroatoms. The molecule has 0 unspecified atom stereocenters. The number of aliphatic hydroxyl groups excluding tert-OH is 1. The van der Waals surface area contributed by atoms with Crippen molar-refractivity contribution in [2.75, 3.05) is 39.3 Å². The van der Waals surface area contributed by atoms with Crippen LogP contribution in [0.5, 0.6) is 0 Å². The van der Waals surface area contributed by atoms with E-state index in [0.717, 1.165) is 24.2 Å². The summed E-state index contributed by atoms with van der Waals surface area (Å²) in [6, 6.07) is 11.7. The summed E-state index contributed by atoms with van der Waals surface area (Å²) in [5.41, 5.74) is 2.22. The molecule has 1 aliphatic heterocycles. The summed E-state index contributed by atoms with van der Waals surface area (Å²) >= 11 is 18.7. The number of amides is 1. The monoisotopic (exact) mass is 437 g/mol. The van der Waals surface area contributed by atoms with E-state index in [4.69, 9.17) is 39.9 Å². The van der Waals surface area contributed by atoms with Crippen LogP contribution in [0.2, 0.25) is 15.1 Å². The lowest BCUT2D eigenvalue weighted by molar-refractivity contribution is -0.127. The zero-order valence-electron chi connectivity index (χ0n) is 15.2. The molecule has 0 bridgehead atoms. The van der Waals surface area contributed by atoms with E-state index < -0.39 is 0 Å². The Morgan fingerprint density at radius 3 is 2.57 bits per heavy atom. The maximum Gasteiger partial charge on any atom is 0.246 e. The van der Waals surface area contributed by atoms with Crippen LogP contribution >= 0.6 is 34.8 Å². The predicted molar refractivity (Wildman–Crippen MR) is 115 cm³/mol. The lowest BCUT2D eigenvalue weighted by atomic mass is 9.99. The van der Waals surface area contributed by atoms with Crippen molar-refractivity contribution in [2.24, 2.45) is 0 Å². The van der Waals surface area contributed by atoms with Gasteiger partial charge in [-0.3, -0.25) is 9.69 Å². The van der Waals surface area contributed by atoms with Gasteiger partial charge in [-0.25, -0.2) is 0 Å². The van der Waals surface area contributed by atoms with Gasteiger partial charge < -0.3 is 10.0 Å². The summed E-state index contributed by atoms with van der Waals surface area (Å²) in [6.07, 6.45) is 3.31. The molecule has 0 aliphatic carbocycles. The summed E-state index contributed by atoms with van der Waals surface area (Å²) in [7, 11) is 0. The number of β-amino-alcohol motifs (C(OH)–C–C–N with tert-alkyl or cyclic N) is 1. The standard InChI is InChI=1S/C21H20Cl3N2O2/c22-16-5-6-17(19(24)14-16)21-15(2-1-3-18(21)23)4-7-20(28)26-10-8-25(9-11-26)12-13-27/h1-2,4-7,14,27H,8-13H2/b7-4+. The molecule has 1 saturated heterocycles. The van der Waals surface area contributed by atoms with Gasteiger partial charge in [0.2, 0.25) is 5.91 Å². The number of aliphatic hydroxyl groups is 1. The number of rotatable bonds is 5. The van der Waals surface area contributed by atoms with Gasteiger partial charge in [0.05, 0.1) is 11.6 Å². The van der Waals surface area contributed by atoms with E-state index in [1.807, 2.05) is 6.07 Å². The molecule has 28 heavy (non-hydrogen) atoms. The highest BCUT2D eigenvalue weighted by molar-refractivity contribution is 6.38. The van der Waals surface area contributed by atoms with Crippen molar-refractivity contribution in [1.82, 2.24) is 9.80 Å². The lowest BCUT2D eigenvalue weighted by Crippen LogP contribution is -2.48. The van der Waals surface area contributed by atoms with Crippen molar-refractivity contribution in [3.8, 4) is 11.1 Å². The first-order valence-corrected chi connectivity index (χ1v) is 10.1. The van der Waals surface area contributed by atoms with Crippen molar-refractivity contribution in [3.05, 3.63) is 63.1 Å². The van der Waals surface area contributed by atoms with Gasteiger partial charge in [0.25, 0.3) is 0 Å². The van der Waals surface area contributed by atoms with Gasteiger partial charge in [0.1, 0.15) is 0 Å². The number of nitrogens with zero attached hydrogens (tertiary/aromatic N) is 2. The van der Waals surface area contributed by atoms with E-state index in [9.17, 15) is 4.79 Å². The first-order valence-electron chi connectivity index (χ1n) is 8.95. The quantitative estimate of drug-likeness (QED) is 0.709. The molecule has 0 aromatic heterocycles. The second-order valence-electron chi connectivity index (χ2n) is 6.47. The van der Waals surface area contributed by atoms with Gasteiger partial charge >= 0.3 is 0 Å². The van der Waals surface area contributed by atoms with E-state index >= 15 is 0 Å². The van der Waals surface area contributed by atoms with Crippen LogP contribution in [0.15, 0.2) is 36.4 Å². The average Bonchev–Trinajstić information content (AvgIpc) is 2.68. The van der Waals surface area contributed by atoms with Gasteiger partial charge in [-0.1, -0.05) is 53.0 Å². The smallest absolute Gasteiger partial charge is 0.246 e. The van der Waals surface area contributed by atoms with Gasteiger partial charge in [-0.15, -0.1) is 0 Å². The number of benzene rings is 2. The van der Waals surface area contributed by atoms with Crippen LogP contribution in [0.1, 0.15) is 5.56 Å². The zero-order valence-corrected chi connectivity index (χ0v) is 17.4. The normalized spacial score (nSPS) is 15.4. The average molecular weight is 439 g/mol. The third-order valence-electron chi connectivity index (χ3n) is 4.69. The minimum atomic E-state index is -0.0549. The van der Waals surface area contributed by atoms with Crippen LogP contribution in [0.3, 0.4) is 0 Å². The Kier molecular flexibility index (Phi) is 7.38. The van der Waals surface area contributed by atoms with Crippen molar-refractivity contribution in [2.45, 2.75) is 0 Å². The molecule has 3 rings (SSSR count). The van der Waals surface area contributed by atoms with Crippen LogP contribution in [0, 0.1) is 6.07 Å². The SMILES string of the molecule is O=C(/C=C/c1cc[c]c(Cl)c1-c1ccc(Cl)cc1Cl)N1CCN(CCO)CC1. The fourth-order valence-electron chi connectivity index (χ4n) is 3.19. The Labute approximate surface area is 179 Å². The van der Waals surface area contributed by atoms with Gasteiger partial charge in [-0.05, 0) is 23.8 Å². The maximum absolute atomic E-state index is 12.6. The highest BCUT2D eigenvalue weighted by Gasteiger charge is 2.19. The van der Waals surface area contributed by atoms with E-state index in [0.29, 0.717) is 40.3 Å². The molecule has 0 saturated carbocycles. The molecule has 1 N–H and O–H groups in total. The summed E-state index contributed by atoms with van der Waals surface area (Å²) in [5, 5.41) is 10.5. The Morgan fingerprint density at radius 2 is 1.89 bits per heavy atom. The molecule has 1 amide bonds. The molecule has 1 aliphatic rings. The number of piperazine rings is 1. The number of hydrogen-bond acceptors (Lipinski definition) is 3. The molecule has 0 atom stereocenters. The molecule has 2 aromatic rings. The van der Waals surface area contributed by atoms with Crippen LogP contribution in [-0.4, -0.2) is 60.1 Å². The zero-order chi connectivity index (χ0) is 20.1. The third-order valence-corrected chi connectivity index (χ3v) is 5.53. The topological polar surface area (TPSA) is 43.8 Å². The van der Waals surface area contributed by atoms with Crippen LogP contribution in [0.25, 0.3) is 17.2 Å².